The first kappa shape index (κ1) is 21.8. The zero-order valence-electron chi connectivity index (χ0n) is 19.5. The molecule has 0 aliphatic carbocycles. The van der Waals surface area contributed by atoms with Crippen LogP contribution >= 0.6 is 0 Å². The van der Waals surface area contributed by atoms with Crippen LogP contribution in [0.4, 0.5) is 11.4 Å². The highest BCUT2D eigenvalue weighted by Crippen LogP contribution is 2.28. The Morgan fingerprint density at radius 1 is 0.941 bits per heavy atom. The lowest BCUT2D eigenvalue weighted by atomic mass is 10.0. The minimum Gasteiger partial charge on any atom is -0.367 e. The van der Waals surface area contributed by atoms with E-state index < -0.39 is 0 Å². The second kappa shape index (κ2) is 9.06. The molecule has 1 aromatic heterocycles. The number of amides is 1. The lowest BCUT2D eigenvalue weighted by Crippen LogP contribution is -2.28. The minimum absolute atomic E-state index is 0.250. The number of para-hydroxylation sites is 2. The summed E-state index contributed by atoms with van der Waals surface area (Å²) in [6, 6.07) is 25.6. The molecular formula is C28H28N4O2. The van der Waals surface area contributed by atoms with Gasteiger partial charge in [-0.05, 0) is 61.2 Å². The summed E-state index contributed by atoms with van der Waals surface area (Å²) in [5.41, 5.74) is 5.86. The number of carbonyl (C=O) groups is 1. The molecule has 5 rings (SSSR count). The molecule has 1 aliphatic heterocycles. The van der Waals surface area contributed by atoms with Crippen molar-refractivity contribution in [3.05, 3.63) is 112 Å². The number of aryl methyl sites for hydroxylation is 1. The Hall–Kier alpha value is -4.06. The number of hydrogen-bond acceptors (Lipinski definition) is 3. The Bertz CT molecular complexity index is 1380. The third-order valence-electron chi connectivity index (χ3n) is 6.59. The number of hydrogen-bond donors (Lipinski definition) is 1. The normalized spacial score (nSPS) is 12.9. The second-order valence-corrected chi connectivity index (χ2v) is 8.74. The maximum absolute atomic E-state index is 13.1. The molecule has 4 aromatic rings. The van der Waals surface area contributed by atoms with Crippen LogP contribution in [0.3, 0.4) is 0 Å². The molecule has 6 nitrogen and oxygen atoms in total. The minimum atomic E-state index is -0.291. The summed E-state index contributed by atoms with van der Waals surface area (Å²) in [4.78, 5) is 28.4. The Labute approximate surface area is 199 Å². The van der Waals surface area contributed by atoms with Crippen molar-refractivity contribution in [3.8, 4) is 5.69 Å². The molecule has 0 spiro atoms. The molecular weight excluding hydrogens is 424 g/mol. The molecule has 3 aromatic carbocycles. The van der Waals surface area contributed by atoms with E-state index in [4.69, 9.17) is 0 Å². The number of benzene rings is 3. The van der Waals surface area contributed by atoms with E-state index in [1.54, 1.807) is 9.36 Å². The third kappa shape index (κ3) is 4.03. The van der Waals surface area contributed by atoms with Gasteiger partial charge in [-0.2, -0.15) is 0 Å². The van der Waals surface area contributed by atoms with Gasteiger partial charge in [-0.25, -0.2) is 4.68 Å². The van der Waals surface area contributed by atoms with Crippen molar-refractivity contribution in [2.24, 2.45) is 7.05 Å². The van der Waals surface area contributed by atoms with Crippen molar-refractivity contribution in [1.82, 2.24) is 9.36 Å². The van der Waals surface area contributed by atoms with E-state index in [1.807, 2.05) is 68.6 Å². The van der Waals surface area contributed by atoms with Gasteiger partial charge in [0.05, 0.1) is 11.4 Å². The van der Waals surface area contributed by atoms with Crippen molar-refractivity contribution < 1.29 is 4.79 Å². The van der Waals surface area contributed by atoms with E-state index in [0.29, 0.717) is 16.9 Å². The summed E-state index contributed by atoms with van der Waals surface area (Å²) < 4.78 is 3.32. The lowest BCUT2D eigenvalue weighted by molar-refractivity contribution is 0.102. The zero-order valence-corrected chi connectivity index (χ0v) is 19.5. The standard InChI is InChI=1S/C28H28N4O2/c1-20-26(28(34)32(30(20)2)24-11-4-3-5-12-24)29-27(33)23-16-14-21(15-17-23)19-31-18-8-10-22-9-6-7-13-25(22)31/h3-7,9,11-17H,8,10,18-19H2,1-2H3,(H,29,33). The van der Waals surface area contributed by atoms with E-state index in [9.17, 15) is 9.59 Å². The average molecular weight is 453 g/mol. The number of fused-ring (bicyclic) bond motifs is 1. The molecule has 0 saturated heterocycles. The van der Waals surface area contributed by atoms with Crippen molar-refractivity contribution in [1.29, 1.82) is 0 Å². The Morgan fingerprint density at radius 3 is 2.41 bits per heavy atom. The summed E-state index contributed by atoms with van der Waals surface area (Å²) in [5.74, 6) is -0.291. The first-order valence-corrected chi connectivity index (χ1v) is 11.6. The molecule has 1 N–H and O–H groups in total. The lowest BCUT2D eigenvalue weighted by Gasteiger charge is -2.31. The van der Waals surface area contributed by atoms with E-state index in [0.717, 1.165) is 37.2 Å². The molecule has 0 saturated carbocycles. The monoisotopic (exact) mass is 452 g/mol. The van der Waals surface area contributed by atoms with Crippen molar-refractivity contribution in [2.75, 3.05) is 16.8 Å². The van der Waals surface area contributed by atoms with Gasteiger partial charge >= 0.3 is 0 Å². The van der Waals surface area contributed by atoms with Crippen molar-refractivity contribution in [3.63, 3.8) is 0 Å². The zero-order chi connectivity index (χ0) is 23.7. The molecule has 0 radical (unpaired) electrons. The Morgan fingerprint density at radius 2 is 1.65 bits per heavy atom. The molecule has 2 heterocycles. The molecule has 0 unspecified atom stereocenters. The fourth-order valence-corrected chi connectivity index (χ4v) is 4.66. The highest BCUT2D eigenvalue weighted by atomic mass is 16.2. The molecule has 0 fully saturated rings. The summed E-state index contributed by atoms with van der Waals surface area (Å²) in [6.07, 6.45) is 2.27. The molecule has 1 amide bonds. The van der Waals surface area contributed by atoms with Gasteiger partial charge in [0.15, 0.2) is 0 Å². The summed E-state index contributed by atoms with van der Waals surface area (Å²) in [5, 5.41) is 2.84. The molecule has 0 bridgehead atoms. The van der Waals surface area contributed by atoms with Gasteiger partial charge in [0.1, 0.15) is 5.69 Å². The number of aromatic nitrogens is 2. The van der Waals surface area contributed by atoms with Gasteiger partial charge in [-0.15, -0.1) is 0 Å². The SMILES string of the molecule is Cc1c(NC(=O)c2ccc(CN3CCCc4ccccc43)cc2)c(=O)n(-c2ccccc2)n1C. The predicted molar refractivity (Wildman–Crippen MR) is 136 cm³/mol. The number of anilines is 2. The molecule has 34 heavy (non-hydrogen) atoms. The highest BCUT2D eigenvalue weighted by Gasteiger charge is 2.19. The third-order valence-corrected chi connectivity index (χ3v) is 6.59. The van der Waals surface area contributed by atoms with Crippen LogP contribution in [-0.4, -0.2) is 21.8 Å². The predicted octanol–water partition coefficient (Wildman–Crippen LogP) is 4.69. The van der Waals surface area contributed by atoms with Crippen LogP contribution in [0, 0.1) is 6.92 Å². The Kier molecular flexibility index (Phi) is 5.80. The van der Waals surface area contributed by atoms with Crippen LogP contribution in [0.5, 0.6) is 0 Å². The fraction of sp³-hybridized carbons (Fsp3) is 0.214. The fourth-order valence-electron chi connectivity index (χ4n) is 4.66. The van der Waals surface area contributed by atoms with Crippen LogP contribution in [0.15, 0.2) is 83.7 Å². The van der Waals surface area contributed by atoms with Gasteiger partial charge in [-0.1, -0.05) is 48.5 Å². The van der Waals surface area contributed by atoms with E-state index >= 15 is 0 Å². The molecule has 172 valence electrons. The van der Waals surface area contributed by atoms with E-state index in [1.165, 1.54) is 11.3 Å². The van der Waals surface area contributed by atoms with E-state index in [2.05, 4.69) is 34.5 Å². The van der Waals surface area contributed by atoms with Crippen molar-refractivity contribution >= 4 is 17.3 Å². The number of rotatable bonds is 5. The van der Waals surface area contributed by atoms with Gasteiger partial charge in [0, 0.05) is 31.4 Å². The summed E-state index contributed by atoms with van der Waals surface area (Å²) in [7, 11) is 1.81. The van der Waals surface area contributed by atoms with Crippen LogP contribution in [0.1, 0.15) is 33.6 Å². The van der Waals surface area contributed by atoms with Gasteiger partial charge in [-0.3, -0.25) is 14.3 Å². The molecule has 0 atom stereocenters. The summed E-state index contributed by atoms with van der Waals surface area (Å²) >= 11 is 0. The quantitative estimate of drug-likeness (QED) is 0.478. The Balaban J connectivity index is 1.33. The summed E-state index contributed by atoms with van der Waals surface area (Å²) in [6.45, 7) is 3.66. The first-order chi connectivity index (χ1) is 16.5. The van der Waals surface area contributed by atoms with Crippen LogP contribution in [-0.2, 0) is 20.0 Å². The van der Waals surface area contributed by atoms with Gasteiger partial charge in [0.25, 0.3) is 11.5 Å². The van der Waals surface area contributed by atoms with Crippen LogP contribution in [0.25, 0.3) is 5.69 Å². The molecule has 1 aliphatic rings. The smallest absolute Gasteiger partial charge is 0.295 e. The van der Waals surface area contributed by atoms with Crippen LogP contribution in [0.2, 0.25) is 0 Å². The van der Waals surface area contributed by atoms with Crippen molar-refractivity contribution in [2.45, 2.75) is 26.3 Å². The average Bonchev–Trinajstić information content (AvgIpc) is 3.08. The van der Waals surface area contributed by atoms with E-state index in [-0.39, 0.29) is 11.5 Å². The maximum atomic E-state index is 13.1. The largest absolute Gasteiger partial charge is 0.367 e. The first-order valence-electron chi connectivity index (χ1n) is 11.6. The second-order valence-electron chi connectivity index (χ2n) is 8.74. The van der Waals surface area contributed by atoms with Gasteiger partial charge < -0.3 is 10.2 Å². The number of carbonyl (C=O) groups excluding carboxylic acids is 1. The van der Waals surface area contributed by atoms with Gasteiger partial charge in [0.2, 0.25) is 0 Å². The van der Waals surface area contributed by atoms with Crippen LogP contribution < -0.4 is 15.8 Å². The maximum Gasteiger partial charge on any atom is 0.295 e. The highest BCUT2D eigenvalue weighted by molar-refractivity contribution is 6.04. The number of nitrogens with one attached hydrogen (secondary N) is 1. The number of nitrogens with zero attached hydrogens (tertiary/aromatic N) is 3. The topological polar surface area (TPSA) is 59.3 Å². The molecule has 6 heteroatoms.